The lowest BCUT2D eigenvalue weighted by molar-refractivity contribution is -0.113. The number of carbonyl (C=O) groups excluding carboxylic acids is 1. The van der Waals surface area contributed by atoms with Gasteiger partial charge in [-0.15, -0.1) is 10.2 Å². The summed E-state index contributed by atoms with van der Waals surface area (Å²) in [5.41, 5.74) is 0.427. The predicted octanol–water partition coefficient (Wildman–Crippen LogP) is 3.12. The molecule has 32 heavy (non-hydrogen) atoms. The molecule has 0 radical (unpaired) electrons. The quantitative estimate of drug-likeness (QED) is 0.568. The van der Waals surface area contributed by atoms with Gasteiger partial charge in [0.2, 0.25) is 11.0 Å². The molecule has 0 bridgehead atoms. The molecule has 2 aliphatic heterocycles. The van der Waals surface area contributed by atoms with Crippen LogP contribution in [0.25, 0.3) is 0 Å². The van der Waals surface area contributed by atoms with Gasteiger partial charge in [-0.05, 0) is 43.9 Å². The van der Waals surface area contributed by atoms with Crippen molar-refractivity contribution in [1.82, 2.24) is 14.9 Å². The normalized spacial score (nSPS) is 17.0. The molecule has 0 saturated carbocycles. The molecule has 172 valence electrons. The molecule has 2 aromatic rings. The van der Waals surface area contributed by atoms with E-state index >= 15 is 0 Å². The number of thioether (sulfide) groups is 1. The third kappa shape index (κ3) is 6.20. The number of hydrogen-bond acceptors (Lipinski definition) is 9. The zero-order chi connectivity index (χ0) is 22.4. The summed E-state index contributed by atoms with van der Waals surface area (Å²) in [6, 6.07) is 6.24. The number of anilines is 2. The molecule has 1 amide bonds. The Hall–Kier alpha value is -2.18. The number of aromatic nitrogens is 2. The second kappa shape index (κ2) is 10.6. The number of hydrogen-bond donors (Lipinski definition) is 2. The maximum absolute atomic E-state index is 12.7. The Labute approximate surface area is 196 Å². The monoisotopic (exact) mass is 494 g/mol. The standard InChI is InChI=1S/C20H26N6O3S3/c27-18(14-30-20-24-23-19(31-20)26-11-4-5-12-26)22-15-7-6-8-16(13-15)32(28,29)25-17-9-2-1-3-10-21-17/h6-8,13H,1-5,9-12,14H2,(H,21,25)(H,22,27). The first-order chi connectivity index (χ1) is 15.5. The Balaban J connectivity index is 1.33. The summed E-state index contributed by atoms with van der Waals surface area (Å²) in [7, 11) is -3.75. The molecule has 0 spiro atoms. The fourth-order valence-corrected chi connectivity index (χ4v) is 6.36. The summed E-state index contributed by atoms with van der Waals surface area (Å²) in [6.07, 6.45) is 5.90. The lowest BCUT2D eigenvalue weighted by Crippen LogP contribution is -2.30. The number of nitrogens with zero attached hydrogens (tertiary/aromatic N) is 4. The molecule has 1 aromatic heterocycles. The maximum Gasteiger partial charge on any atom is 0.262 e. The van der Waals surface area contributed by atoms with Crippen molar-refractivity contribution in [3.63, 3.8) is 0 Å². The molecule has 0 aliphatic carbocycles. The van der Waals surface area contributed by atoms with Crippen LogP contribution in [-0.2, 0) is 14.8 Å². The number of benzene rings is 1. The molecule has 4 rings (SSSR count). The van der Waals surface area contributed by atoms with Gasteiger partial charge in [0.1, 0.15) is 5.84 Å². The van der Waals surface area contributed by atoms with Crippen molar-refractivity contribution in [2.24, 2.45) is 4.99 Å². The summed E-state index contributed by atoms with van der Waals surface area (Å²) >= 11 is 2.81. The van der Waals surface area contributed by atoms with E-state index in [1.54, 1.807) is 12.1 Å². The average molecular weight is 495 g/mol. The minimum absolute atomic E-state index is 0.0919. The van der Waals surface area contributed by atoms with Gasteiger partial charge in [0.15, 0.2) is 4.34 Å². The smallest absolute Gasteiger partial charge is 0.262 e. The van der Waals surface area contributed by atoms with E-state index in [2.05, 4.69) is 30.1 Å². The van der Waals surface area contributed by atoms with E-state index in [0.717, 1.165) is 41.8 Å². The molecule has 12 heteroatoms. The molecular weight excluding hydrogens is 468 g/mol. The molecule has 1 fully saturated rings. The first kappa shape index (κ1) is 23.0. The van der Waals surface area contributed by atoms with Crippen LogP contribution in [0.5, 0.6) is 0 Å². The number of sulfonamides is 1. The van der Waals surface area contributed by atoms with Gasteiger partial charge in [-0.1, -0.05) is 35.6 Å². The molecule has 2 aliphatic rings. The Kier molecular flexibility index (Phi) is 7.63. The highest BCUT2D eigenvalue weighted by Crippen LogP contribution is 2.30. The van der Waals surface area contributed by atoms with Crippen LogP contribution in [0.1, 0.15) is 38.5 Å². The molecule has 9 nitrogen and oxygen atoms in total. The van der Waals surface area contributed by atoms with Crippen LogP contribution in [0, 0.1) is 0 Å². The summed E-state index contributed by atoms with van der Waals surface area (Å²) in [5, 5.41) is 12.0. The van der Waals surface area contributed by atoms with Crippen molar-refractivity contribution in [1.29, 1.82) is 0 Å². The Morgan fingerprint density at radius 1 is 1.12 bits per heavy atom. The molecule has 1 aromatic carbocycles. The highest BCUT2D eigenvalue weighted by molar-refractivity contribution is 8.01. The van der Waals surface area contributed by atoms with Gasteiger partial charge < -0.3 is 10.2 Å². The lowest BCUT2D eigenvalue weighted by Gasteiger charge is -2.11. The minimum Gasteiger partial charge on any atom is -0.347 e. The van der Waals surface area contributed by atoms with Crippen molar-refractivity contribution < 1.29 is 13.2 Å². The van der Waals surface area contributed by atoms with Crippen molar-refractivity contribution in [2.45, 2.75) is 47.8 Å². The molecule has 2 N–H and O–H groups in total. The fourth-order valence-electron chi connectivity index (χ4n) is 3.53. The van der Waals surface area contributed by atoms with Crippen molar-refractivity contribution in [3.05, 3.63) is 24.3 Å². The summed E-state index contributed by atoms with van der Waals surface area (Å²) in [4.78, 5) is 19.0. The van der Waals surface area contributed by atoms with E-state index in [-0.39, 0.29) is 16.6 Å². The molecule has 0 unspecified atom stereocenters. The van der Waals surface area contributed by atoms with Crippen molar-refractivity contribution >= 4 is 55.7 Å². The van der Waals surface area contributed by atoms with Gasteiger partial charge in [0.25, 0.3) is 10.0 Å². The third-order valence-corrected chi connectivity index (χ3v) is 8.65. The molecular formula is C20H26N6O3S3. The van der Waals surface area contributed by atoms with Gasteiger partial charge in [0, 0.05) is 31.7 Å². The molecule has 3 heterocycles. The summed E-state index contributed by atoms with van der Waals surface area (Å²) in [5.74, 6) is 0.433. The largest absolute Gasteiger partial charge is 0.347 e. The van der Waals surface area contributed by atoms with E-state index in [9.17, 15) is 13.2 Å². The maximum atomic E-state index is 12.7. The first-order valence-corrected chi connectivity index (χ1v) is 14.0. The number of aliphatic imine (C=N–C) groups is 1. The van der Waals surface area contributed by atoms with Crippen LogP contribution in [0.4, 0.5) is 10.8 Å². The fraction of sp³-hybridized carbons (Fsp3) is 0.500. The second-order valence-electron chi connectivity index (χ2n) is 7.65. The van der Waals surface area contributed by atoms with Crippen LogP contribution in [0.2, 0.25) is 0 Å². The van der Waals surface area contributed by atoms with Crippen LogP contribution in [0.15, 0.2) is 38.5 Å². The molecule has 1 saturated heterocycles. The van der Waals surface area contributed by atoms with Gasteiger partial charge in [-0.2, -0.15) is 0 Å². The number of amidine groups is 1. The second-order valence-corrected chi connectivity index (χ2v) is 11.5. The molecule has 0 atom stereocenters. The van der Waals surface area contributed by atoms with E-state index < -0.39 is 10.0 Å². The number of amides is 1. The predicted molar refractivity (Wildman–Crippen MR) is 128 cm³/mol. The van der Waals surface area contributed by atoms with E-state index in [1.165, 1.54) is 48.1 Å². The van der Waals surface area contributed by atoms with Gasteiger partial charge in [-0.25, -0.2) is 8.42 Å². The number of rotatable bonds is 7. The SMILES string of the molecule is O=C(CSc1nnc(N2CCCC2)s1)Nc1cccc(S(=O)(=O)NC2=NCCCCC2)c1. The van der Waals surface area contributed by atoms with Crippen LogP contribution in [-0.4, -0.2) is 55.7 Å². The topological polar surface area (TPSA) is 117 Å². The highest BCUT2D eigenvalue weighted by Gasteiger charge is 2.19. The summed E-state index contributed by atoms with van der Waals surface area (Å²) < 4.78 is 28.8. The first-order valence-electron chi connectivity index (χ1n) is 10.7. The van der Waals surface area contributed by atoms with Crippen molar-refractivity contribution in [2.75, 3.05) is 35.6 Å². The van der Waals surface area contributed by atoms with Crippen LogP contribution < -0.4 is 14.9 Å². The Morgan fingerprint density at radius 3 is 2.81 bits per heavy atom. The Bertz CT molecular complexity index is 1080. The summed E-state index contributed by atoms with van der Waals surface area (Å²) in [6.45, 7) is 2.64. The highest BCUT2D eigenvalue weighted by atomic mass is 32.2. The minimum atomic E-state index is -3.75. The third-order valence-electron chi connectivity index (χ3n) is 5.15. The van der Waals surface area contributed by atoms with E-state index in [1.807, 2.05) is 0 Å². The van der Waals surface area contributed by atoms with Gasteiger partial charge in [0.05, 0.1) is 10.6 Å². The number of nitrogens with one attached hydrogen (secondary N) is 2. The Morgan fingerprint density at radius 2 is 1.97 bits per heavy atom. The van der Waals surface area contributed by atoms with Crippen molar-refractivity contribution in [3.8, 4) is 0 Å². The van der Waals surface area contributed by atoms with E-state index in [4.69, 9.17) is 0 Å². The van der Waals surface area contributed by atoms with Crippen LogP contribution >= 0.6 is 23.1 Å². The van der Waals surface area contributed by atoms with Gasteiger partial charge in [-0.3, -0.25) is 14.5 Å². The lowest BCUT2D eigenvalue weighted by atomic mass is 10.2. The zero-order valence-electron chi connectivity index (χ0n) is 17.6. The van der Waals surface area contributed by atoms with Gasteiger partial charge >= 0.3 is 0 Å². The average Bonchev–Trinajstić information content (AvgIpc) is 3.41. The zero-order valence-corrected chi connectivity index (χ0v) is 20.1. The number of carbonyl (C=O) groups is 1. The van der Waals surface area contributed by atoms with E-state index in [0.29, 0.717) is 24.5 Å². The van der Waals surface area contributed by atoms with Crippen LogP contribution in [0.3, 0.4) is 0 Å².